The first-order chi connectivity index (χ1) is 12.1. The third-order valence-electron chi connectivity index (χ3n) is 4.18. The molecule has 0 unspecified atom stereocenters. The number of rotatable bonds is 8. The third kappa shape index (κ3) is 6.52. The molecule has 5 heteroatoms. The zero-order valence-electron chi connectivity index (χ0n) is 15.7. The van der Waals surface area contributed by atoms with Crippen LogP contribution >= 0.6 is 11.3 Å². The molecule has 1 aromatic carbocycles. The quantitative estimate of drug-likeness (QED) is 0.556. The fourth-order valence-electron chi connectivity index (χ4n) is 2.41. The van der Waals surface area contributed by atoms with Crippen molar-refractivity contribution in [1.82, 2.24) is 15.5 Å². The highest BCUT2D eigenvalue weighted by atomic mass is 32.1. The van der Waals surface area contributed by atoms with Gasteiger partial charge in [-0.1, -0.05) is 30.3 Å². The van der Waals surface area contributed by atoms with Crippen LogP contribution in [0.4, 0.5) is 0 Å². The second kappa shape index (κ2) is 10.2. The first-order valence-electron chi connectivity index (χ1n) is 8.91. The van der Waals surface area contributed by atoms with Gasteiger partial charge in [0.05, 0.1) is 13.1 Å². The summed E-state index contributed by atoms with van der Waals surface area (Å²) in [6.45, 7) is 9.82. The number of aliphatic imine (C=N–C) groups is 1. The van der Waals surface area contributed by atoms with Crippen molar-refractivity contribution in [3.05, 3.63) is 57.8 Å². The van der Waals surface area contributed by atoms with Gasteiger partial charge in [-0.25, -0.2) is 4.99 Å². The van der Waals surface area contributed by atoms with Crippen molar-refractivity contribution in [2.45, 2.75) is 46.4 Å². The molecule has 136 valence electrons. The Morgan fingerprint density at radius 2 is 1.88 bits per heavy atom. The molecular weight excluding hydrogens is 328 g/mol. The predicted octanol–water partition coefficient (Wildman–Crippen LogP) is 3.84. The molecule has 25 heavy (non-hydrogen) atoms. The molecule has 0 spiro atoms. The van der Waals surface area contributed by atoms with E-state index >= 15 is 0 Å². The summed E-state index contributed by atoms with van der Waals surface area (Å²) in [5.74, 6) is 0.864. The summed E-state index contributed by atoms with van der Waals surface area (Å²) < 4.78 is 0. The molecule has 0 saturated heterocycles. The van der Waals surface area contributed by atoms with Gasteiger partial charge in [-0.3, -0.25) is 4.90 Å². The first-order valence-corrected chi connectivity index (χ1v) is 9.79. The fourth-order valence-corrected chi connectivity index (χ4v) is 3.05. The molecule has 0 aliphatic rings. The summed E-state index contributed by atoms with van der Waals surface area (Å²) in [7, 11) is 2.16. The Labute approximate surface area is 156 Å². The molecule has 0 amide bonds. The van der Waals surface area contributed by atoms with Crippen LogP contribution in [0.2, 0.25) is 0 Å². The van der Waals surface area contributed by atoms with Crippen molar-refractivity contribution in [3.63, 3.8) is 0 Å². The van der Waals surface area contributed by atoms with Crippen molar-refractivity contribution in [2.75, 3.05) is 13.6 Å². The second-order valence-electron chi connectivity index (χ2n) is 6.41. The van der Waals surface area contributed by atoms with Gasteiger partial charge in [0.2, 0.25) is 0 Å². The van der Waals surface area contributed by atoms with Crippen molar-refractivity contribution in [1.29, 1.82) is 0 Å². The molecule has 2 aromatic rings. The Balaban J connectivity index is 2.03. The van der Waals surface area contributed by atoms with Crippen molar-refractivity contribution < 1.29 is 0 Å². The average molecular weight is 359 g/mol. The van der Waals surface area contributed by atoms with Gasteiger partial charge >= 0.3 is 0 Å². The highest BCUT2D eigenvalue weighted by molar-refractivity contribution is 7.09. The van der Waals surface area contributed by atoms with Crippen molar-refractivity contribution in [2.24, 2.45) is 4.99 Å². The van der Waals surface area contributed by atoms with Gasteiger partial charge in [-0.05, 0) is 50.4 Å². The fraction of sp³-hybridized carbons (Fsp3) is 0.450. The van der Waals surface area contributed by atoms with Gasteiger partial charge in [0.25, 0.3) is 0 Å². The largest absolute Gasteiger partial charge is 0.357 e. The molecule has 0 radical (unpaired) electrons. The Bertz CT molecular complexity index is 649. The van der Waals surface area contributed by atoms with Gasteiger partial charge in [0, 0.05) is 24.0 Å². The van der Waals surface area contributed by atoms with E-state index in [0.29, 0.717) is 12.6 Å². The normalized spacial score (nSPS) is 12.0. The van der Waals surface area contributed by atoms with E-state index in [9.17, 15) is 0 Å². The number of thiophene rings is 1. The number of nitrogens with one attached hydrogen (secondary N) is 2. The second-order valence-corrected chi connectivity index (χ2v) is 7.44. The topological polar surface area (TPSA) is 39.7 Å². The summed E-state index contributed by atoms with van der Waals surface area (Å²) >= 11 is 1.76. The minimum Gasteiger partial charge on any atom is -0.357 e. The molecule has 0 fully saturated rings. The molecular formula is C20H30N4S. The van der Waals surface area contributed by atoms with E-state index < -0.39 is 0 Å². The van der Waals surface area contributed by atoms with Gasteiger partial charge in [-0.2, -0.15) is 0 Å². The monoisotopic (exact) mass is 358 g/mol. The van der Waals surface area contributed by atoms with Crippen LogP contribution in [-0.2, 0) is 19.6 Å². The lowest BCUT2D eigenvalue weighted by Crippen LogP contribution is -2.36. The average Bonchev–Trinajstić information content (AvgIpc) is 3.12. The molecule has 2 rings (SSSR count). The Hall–Kier alpha value is -1.85. The van der Waals surface area contributed by atoms with E-state index in [-0.39, 0.29) is 0 Å². The molecule has 0 aliphatic carbocycles. The van der Waals surface area contributed by atoms with E-state index in [2.05, 4.69) is 85.1 Å². The number of hydrogen-bond acceptors (Lipinski definition) is 3. The van der Waals surface area contributed by atoms with Crippen LogP contribution in [-0.4, -0.2) is 30.5 Å². The number of nitrogens with zero attached hydrogens (tertiary/aromatic N) is 2. The summed E-state index contributed by atoms with van der Waals surface area (Å²) in [5, 5.41) is 8.84. The van der Waals surface area contributed by atoms with Gasteiger partial charge in [0.15, 0.2) is 5.96 Å². The van der Waals surface area contributed by atoms with Crippen LogP contribution in [0, 0.1) is 0 Å². The van der Waals surface area contributed by atoms with E-state index in [1.165, 1.54) is 16.0 Å². The molecule has 0 bridgehead atoms. The van der Waals surface area contributed by atoms with E-state index in [1.807, 2.05) is 0 Å². The molecule has 4 nitrogen and oxygen atoms in total. The van der Waals surface area contributed by atoms with Crippen LogP contribution in [0.1, 0.15) is 36.8 Å². The van der Waals surface area contributed by atoms with Crippen LogP contribution in [0.15, 0.2) is 46.8 Å². The maximum atomic E-state index is 4.78. The van der Waals surface area contributed by atoms with E-state index in [4.69, 9.17) is 4.99 Å². The van der Waals surface area contributed by atoms with Crippen LogP contribution in [0.25, 0.3) is 0 Å². The molecule has 2 N–H and O–H groups in total. The van der Waals surface area contributed by atoms with Gasteiger partial charge in [0.1, 0.15) is 0 Å². The summed E-state index contributed by atoms with van der Waals surface area (Å²) in [6, 6.07) is 13.3. The molecule has 1 aromatic heterocycles. The maximum Gasteiger partial charge on any atom is 0.191 e. The lowest BCUT2D eigenvalue weighted by Gasteiger charge is -2.22. The Morgan fingerprint density at radius 1 is 1.12 bits per heavy atom. The smallest absolute Gasteiger partial charge is 0.191 e. The van der Waals surface area contributed by atoms with Crippen molar-refractivity contribution >= 4 is 17.3 Å². The zero-order chi connectivity index (χ0) is 18.1. The molecule has 0 saturated carbocycles. The third-order valence-corrected chi connectivity index (χ3v) is 5.06. The Kier molecular flexibility index (Phi) is 7.95. The van der Waals surface area contributed by atoms with Crippen LogP contribution < -0.4 is 10.6 Å². The molecule has 1 heterocycles. The number of benzene rings is 1. The SMILES string of the molecule is CCNC(=NCc1ccccc1CN(C)C(C)C)NCc1cccs1. The van der Waals surface area contributed by atoms with E-state index in [1.54, 1.807) is 11.3 Å². The summed E-state index contributed by atoms with van der Waals surface area (Å²) in [6.07, 6.45) is 0. The standard InChI is InChI=1S/C20H30N4S/c1-5-21-20(23-14-19-11-8-12-25-19)22-13-17-9-6-7-10-18(17)15-24(4)16(2)3/h6-12,16H,5,13-15H2,1-4H3,(H2,21,22,23). The Morgan fingerprint density at radius 3 is 2.52 bits per heavy atom. The number of guanidine groups is 1. The maximum absolute atomic E-state index is 4.78. The first kappa shape index (κ1) is 19.5. The highest BCUT2D eigenvalue weighted by Crippen LogP contribution is 2.14. The van der Waals surface area contributed by atoms with E-state index in [0.717, 1.165) is 25.6 Å². The summed E-state index contributed by atoms with van der Waals surface area (Å²) in [5.41, 5.74) is 2.62. The van der Waals surface area contributed by atoms with Crippen LogP contribution in [0.3, 0.4) is 0 Å². The van der Waals surface area contributed by atoms with Crippen LogP contribution in [0.5, 0.6) is 0 Å². The van der Waals surface area contributed by atoms with Gasteiger partial charge < -0.3 is 10.6 Å². The van der Waals surface area contributed by atoms with Gasteiger partial charge in [-0.15, -0.1) is 11.3 Å². The minimum atomic E-state index is 0.529. The predicted molar refractivity (Wildman–Crippen MR) is 109 cm³/mol. The molecule has 0 aliphatic heterocycles. The zero-order valence-corrected chi connectivity index (χ0v) is 16.6. The number of hydrogen-bond donors (Lipinski definition) is 2. The highest BCUT2D eigenvalue weighted by Gasteiger charge is 2.08. The minimum absolute atomic E-state index is 0.529. The van der Waals surface area contributed by atoms with Crippen molar-refractivity contribution in [3.8, 4) is 0 Å². The summed E-state index contributed by atoms with van der Waals surface area (Å²) in [4.78, 5) is 8.44. The lowest BCUT2D eigenvalue weighted by atomic mass is 10.1. The lowest BCUT2D eigenvalue weighted by molar-refractivity contribution is 0.265. The molecule has 0 atom stereocenters.